The fourth-order valence-electron chi connectivity index (χ4n) is 4.46. The number of alkyl halides is 3. The second-order valence-corrected chi connectivity index (χ2v) is 10.1. The van der Waals surface area contributed by atoms with Crippen LogP contribution in [0, 0.1) is 0 Å². The molecule has 0 bridgehead atoms. The second kappa shape index (κ2) is 12.4. The van der Waals surface area contributed by atoms with E-state index >= 15 is 0 Å². The quantitative estimate of drug-likeness (QED) is 0.210. The lowest BCUT2D eigenvalue weighted by Gasteiger charge is -2.16. The third-order valence-corrected chi connectivity index (χ3v) is 7.28. The zero-order valence-corrected chi connectivity index (χ0v) is 23.6. The summed E-state index contributed by atoms with van der Waals surface area (Å²) in [6, 6.07) is 20.2. The molecule has 0 fully saturated rings. The second-order valence-electron chi connectivity index (χ2n) is 9.24. The molecular weight excluding hydrogens is 565 g/mol. The number of para-hydroxylation sites is 1. The van der Waals surface area contributed by atoms with Gasteiger partial charge in [0.25, 0.3) is 0 Å². The molecule has 0 saturated carbocycles. The van der Waals surface area contributed by atoms with Crippen LogP contribution in [0.4, 0.5) is 18.0 Å². The molecule has 12 heteroatoms. The summed E-state index contributed by atoms with van der Waals surface area (Å²) in [5.41, 5.74) is 4.34. The SMILES string of the molecule is CCc1ccccc1-n1ccsc1=NC(=O)NC(CC)c1ccc(-c2ncn(-c3ccc(OC(F)(F)F)cc3)n2)cc1. The largest absolute Gasteiger partial charge is 0.573 e. The van der Waals surface area contributed by atoms with E-state index < -0.39 is 12.4 Å². The Kier molecular flexibility index (Phi) is 8.53. The molecule has 8 nitrogen and oxygen atoms in total. The molecule has 0 radical (unpaired) electrons. The van der Waals surface area contributed by atoms with Crippen LogP contribution in [0.2, 0.25) is 0 Å². The van der Waals surface area contributed by atoms with Crippen molar-refractivity contribution in [3.05, 3.63) is 107 Å². The van der Waals surface area contributed by atoms with Crippen molar-refractivity contribution < 1.29 is 22.7 Å². The number of nitrogens with zero attached hydrogens (tertiary/aromatic N) is 5. The van der Waals surface area contributed by atoms with Crippen LogP contribution in [0.15, 0.2) is 95.7 Å². The smallest absolute Gasteiger partial charge is 0.406 e. The molecule has 1 unspecified atom stereocenters. The summed E-state index contributed by atoms with van der Waals surface area (Å²) in [5.74, 6) is 0.128. The molecule has 5 aromatic rings. The van der Waals surface area contributed by atoms with Crippen LogP contribution >= 0.6 is 11.3 Å². The molecule has 0 saturated heterocycles. The van der Waals surface area contributed by atoms with E-state index in [0.29, 0.717) is 22.7 Å². The van der Waals surface area contributed by atoms with Gasteiger partial charge >= 0.3 is 12.4 Å². The zero-order valence-electron chi connectivity index (χ0n) is 22.7. The molecule has 0 aliphatic rings. The molecule has 0 aliphatic heterocycles. The number of benzene rings is 3. The highest BCUT2D eigenvalue weighted by molar-refractivity contribution is 7.07. The summed E-state index contributed by atoms with van der Waals surface area (Å²) in [6.45, 7) is 4.07. The molecule has 1 N–H and O–H groups in total. The Morgan fingerprint density at radius 2 is 1.79 bits per heavy atom. The van der Waals surface area contributed by atoms with Crippen molar-refractivity contribution in [3.8, 4) is 28.5 Å². The van der Waals surface area contributed by atoms with E-state index in [1.165, 1.54) is 46.6 Å². The fourth-order valence-corrected chi connectivity index (χ4v) is 5.17. The standard InChI is InChI=1S/C30H27F3N6O2S/c1-3-20-7-5-6-8-26(20)38-17-18-42-29(38)36-28(40)35-25(4-2)21-9-11-22(12-10-21)27-34-19-39(37-27)23-13-15-24(16-14-23)41-30(31,32)33/h5-19,25H,3-4H2,1-2H3,(H,35,40). The first-order valence-electron chi connectivity index (χ1n) is 13.2. The highest BCUT2D eigenvalue weighted by Crippen LogP contribution is 2.25. The van der Waals surface area contributed by atoms with Gasteiger partial charge in [-0.3, -0.25) is 4.57 Å². The zero-order chi connectivity index (χ0) is 29.7. The van der Waals surface area contributed by atoms with Crippen LogP contribution in [0.3, 0.4) is 0 Å². The molecule has 2 heterocycles. The van der Waals surface area contributed by atoms with E-state index in [4.69, 9.17) is 0 Å². The van der Waals surface area contributed by atoms with Crippen LogP contribution in [-0.4, -0.2) is 31.7 Å². The number of halogens is 3. The van der Waals surface area contributed by atoms with Gasteiger partial charge < -0.3 is 10.1 Å². The van der Waals surface area contributed by atoms with Crippen LogP contribution in [-0.2, 0) is 6.42 Å². The van der Waals surface area contributed by atoms with Gasteiger partial charge in [-0.2, -0.15) is 4.99 Å². The lowest BCUT2D eigenvalue weighted by molar-refractivity contribution is -0.274. The minimum atomic E-state index is -4.75. The number of hydrogen-bond donors (Lipinski definition) is 1. The number of carbonyl (C=O) groups excluding carboxylic acids is 1. The molecule has 0 spiro atoms. The summed E-state index contributed by atoms with van der Waals surface area (Å²) in [7, 11) is 0. The normalized spacial score (nSPS) is 12.7. The lowest BCUT2D eigenvalue weighted by atomic mass is 10.0. The van der Waals surface area contributed by atoms with Crippen LogP contribution in [0.1, 0.15) is 37.4 Å². The molecule has 2 amide bonds. The number of carbonyl (C=O) groups is 1. The summed E-state index contributed by atoms with van der Waals surface area (Å²) < 4.78 is 44.6. The molecule has 5 rings (SSSR count). The Morgan fingerprint density at radius 3 is 2.48 bits per heavy atom. The van der Waals surface area contributed by atoms with Crippen LogP contribution in [0.5, 0.6) is 5.75 Å². The Hall–Kier alpha value is -4.71. The van der Waals surface area contributed by atoms with Crippen molar-refractivity contribution in [1.29, 1.82) is 0 Å². The number of ether oxygens (including phenoxy) is 1. The van der Waals surface area contributed by atoms with Crippen molar-refractivity contribution in [3.63, 3.8) is 0 Å². The monoisotopic (exact) mass is 592 g/mol. The molecule has 0 aliphatic carbocycles. The van der Waals surface area contributed by atoms with Gasteiger partial charge in [0.15, 0.2) is 10.6 Å². The summed E-state index contributed by atoms with van der Waals surface area (Å²) in [5, 5.41) is 9.35. The Morgan fingerprint density at radius 1 is 1.05 bits per heavy atom. The average Bonchev–Trinajstić information content (AvgIpc) is 3.66. The number of aryl methyl sites for hydroxylation is 1. The topological polar surface area (TPSA) is 86.3 Å². The number of nitrogens with one attached hydrogen (secondary N) is 1. The van der Waals surface area contributed by atoms with Gasteiger partial charge in [0.1, 0.15) is 12.1 Å². The molecule has 1 atom stereocenters. The number of rotatable bonds is 8. The summed E-state index contributed by atoms with van der Waals surface area (Å²) >= 11 is 1.39. The van der Waals surface area contributed by atoms with Gasteiger partial charge in [-0.15, -0.1) is 29.6 Å². The first-order chi connectivity index (χ1) is 20.2. The van der Waals surface area contributed by atoms with Crippen LogP contribution in [0.25, 0.3) is 22.8 Å². The van der Waals surface area contributed by atoms with Crippen molar-refractivity contribution in [2.45, 2.75) is 39.1 Å². The number of urea groups is 1. The third-order valence-electron chi connectivity index (χ3n) is 6.52. The van der Waals surface area contributed by atoms with Gasteiger partial charge in [0.2, 0.25) is 0 Å². The van der Waals surface area contributed by atoms with Gasteiger partial charge in [-0.05, 0) is 54.3 Å². The first-order valence-corrected chi connectivity index (χ1v) is 14.1. The number of aromatic nitrogens is 4. The van der Waals surface area contributed by atoms with E-state index in [1.807, 2.05) is 65.5 Å². The Labute approximate surface area is 243 Å². The van der Waals surface area contributed by atoms with Gasteiger partial charge in [-0.1, -0.05) is 56.3 Å². The highest BCUT2D eigenvalue weighted by atomic mass is 32.1. The minimum Gasteiger partial charge on any atom is -0.406 e. The fraction of sp³-hybridized carbons (Fsp3) is 0.200. The first kappa shape index (κ1) is 28.8. The maximum Gasteiger partial charge on any atom is 0.573 e. The average molecular weight is 593 g/mol. The highest BCUT2D eigenvalue weighted by Gasteiger charge is 2.31. The van der Waals surface area contributed by atoms with Crippen molar-refractivity contribution in [2.75, 3.05) is 0 Å². The van der Waals surface area contributed by atoms with E-state index in [0.717, 1.165) is 28.8 Å². The van der Waals surface area contributed by atoms with Crippen molar-refractivity contribution >= 4 is 17.4 Å². The maximum atomic E-state index is 12.9. The van der Waals surface area contributed by atoms with Crippen molar-refractivity contribution in [2.24, 2.45) is 4.99 Å². The van der Waals surface area contributed by atoms with Gasteiger partial charge in [0, 0.05) is 17.1 Å². The van der Waals surface area contributed by atoms with Gasteiger partial charge in [-0.25, -0.2) is 14.5 Å². The molecule has 42 heavy (non-hydrogen) atoms. The number of hydrogen-bond acceptors (Lipinski definition) is 5. The molecule has 216 valence electrons. The van der Waals surface area contributed by atoms with Gasteiger partial charge in [0.05, 0.1) is 17.4 Å². The van der Waals surface area contributed by atoms with E-state index in [2.05, 4.69) is 38.1 Å². The Bertz CT molecular complexity index is 1720. The molecular formula is C30H27F3N6O2S. The minimum absolute atomic E-state index is 0.255. The van der Waals surface area contributed by atoms with E-state index in [-0.39, 0.29) is 11.8 Å². The third kappa shape index (κ3) is 6.77. The van der Waals surface area contributed by atoms with E-state index in [9.17, 15) is 18.0 Å². The lowest BCUT2D eigenvalue weighted by Crippen LogP contribution is -2.28. The molecule has 2 aromatic heterocycles. The molecule has 3 aromatic carbocycles. The predicted octanol–water partition coefficient (Wildman–Crippen LogP) is 7.01. The van der Waals surface area contributed by atoms with Crippen molar-refractivity contribution in [1.82, 2.24) is 24.6 Å². The van der Waals surface area contributed by atoms with Crippen LogP contribution < -0.4 is 14.9 Å². The Balaban J connectivity index is 1.28. The maximum absolute atomic E-state index is 12.9. The van der Waals surface area contributed by atoms with E-state index in [1.54, 1.807) is 0 Å². The number of amides is 2. The number of thiazole rings is 1. The summed E-state index contributed by atoms with van der Waals surface area (Å²) in [6.07, 6.45) is 0.159. The summed E-state index contributed by atoms with van der Waals surface area (Å²) in [4.78, 5) is 22.2. The predicted molar refractivity (Wildman–Crippen MR) is 154 cm³/mol.